The number of ether oxygens (including phenoxy) is 3. The van der Waals surface area contributed by atoms with E-state index in [2.05, 4.69) is 11.4 Å². The third-order valence-corrected chi connectivity index (χ3v) is 4.82. The Kier molecular flexibility index (Phi) is 6.58. The molecule has 1 N–H and O–H groups in total. The number of nitrogens with zero attached hydrogens (tertiary/aromatic N) is 1. The zero-order chi connectivity index (χ0) is 19.3. The maximum absolute atomic E-state index is 12.6. The Morgan fingerprint density at radius 2 is 2.00 bits per heavy atom. The summed E-state index contributed by atoms with van der Waals surface area (Å²) in [6.45, 7) is 3.82. The van der Waals surface area contributed by atoms with Crippen molar-refractivity contribution in [2.45, 2.75) is 19.8 Å². The summed E-state index contributed by atoms with van der Waals surface area (Å²) in [5.41, 5.74) is 2.33. The number of rotatable bonds is 6. The highest BCUT2D eigenvalue weighted by molar-refractivity contribution is 8.02. The minimum atomic E-state index is -0.539. The van der Waals surface area contributed by atoms with Gasteiger partial charge in [0.15, 0.2) is 11.5 Å². The summed E-state index contributed by atoms with van der Waals surface area (Å²) in [6, 6.07) is 7.64. The first kappa shape index (κ1) is 19.7. The minimum absolute atomic E-state index is 0.259. The van der Waals surface area contributed by atoms with Gasteiger partial charge in [-0.05, 0) is 37.8 Å². The summed E-state index contributed by atoms with van der Waals surface area (Å²) < 4.78 is 15.9. The molecule has 1 atom stereocenters. The van der Waals surface area contributed by atoms with Gasteiger partial charge in [0.1, 0.15) is 0 Å². The van der Waals surface area contributed by atoms with Crippen LogP contribution in [-0.2, 0) is 9.53 Å². The van der Waals surface area contributed by atoms with Gasteiger partial charge < -0.3 is 19.5 Å². The van der Waals surface area contributed by atoms with Crippen LogP contribution >= 0.6 is 11.8 Å². The molecule has 0 aromatic heterocycles. The molecular weight excluding hydrogens is 352 g/mol. The second-order valence-corrected chi connectivity index (χ2v) is 6.31. The number of dihydropyridines is 1. The number of nitrogens with one attached hydrogen (secondary N) is 1. The number of methoxy groups -OCH3 is 2. The van der Waals surface area contributed by atoms with Gasteiger partial charge in [-0.15, -0.1) is 11.8 Å². The molecule has 0 bridgehead atoms. The average Bonchev–Trinajstić information content (AvgIpc) is 2.66. The lowest BCUT2D eigenvalue weighted by atomic mass is 9.82. The van der Waals surface area contributed by atoms with Crippen LogP contribution < -0.4 is 14.8 Å². The third-order valence-electron chi connectivity index (χ3n) is 4.09. The molecule has 0 aliphatic carbocycles. The maximum Gasteiger partial charge on any atom is 0.336 e. The zero-order valence-electron chi connectivity index (χ0n) is 15.5. The molecule has 6 nitrogen and oxygen atoms in total. The van der Waals surface area contributed by atoms with Gasteiger partial charge in [-0.2, -0.15) is 5.26 Å². The van der Waals surface area contributed by atoms with Crippen LogP contribution in [0.2, 0.25) is 0 Å². The number of thioether (sulfide) groups is 1. The smallest absolute Gasteiger partial charge is 0.336 e. The van der Waals surface area contributed by atoms with Crippen LogP contribution in [0.1, 0.15) is 25.3 Å². The Hall–Kier alpha value is -2.59. The molecule has 0 spiro atoms. The summed E-state index contributed by atoms with van der Waals surface area (Å²) in [5.74, 6) is 0.135. The van der Waals surface area contributed by atoms with Crippen molar-refractivity contribution < 1.29 is 19.0 Å². The maximum atomic E-state index is 12.6. The molecule has 1 aliphatic rings. The van der Waals surface area contributed by atoms with E-state index in [1.807, 2.05) is 19.2 Å². The highest BCUT2D eigenvalue weighted by atomic mass is 32.2. The first-order chi connectivity index (χ1) is 12.5. The summed E-state index contributed by atoms with van der Waals surface area (Å²) in [4.78, 5) is 12.6. The average molecular weight is 374 g/mol. The van der Waals surface area contributed by atoms with E-state index < -0.39 is 11.9 Å². The van der Waals surface area contributed by atoms with Crippen molar-refractivity contribution >= 4 is 17.7 Å². The number of hydrogen-bond donors (Lipinski definition) is 1. The number of carbonyl (C=O) groups is 1. The topological polar surface area (TPSA) is 80.6 Å². The Morgan fingerprint density at radius 1 is 1.31 bits per heavy atom. The van der Waals surface area contributed by atoms with E-state index in [1.54, 1.807) is 33.3 Å². The normalized spacial score (nSPS) is 16.7. The molecule has 0 fully saturated rings. The van der Waals surface area contributed by atoms with Gasteiger partial charge in [0.05, 0.1) is 49.0 Å². The van der Waals surface area contributed by atoms with Crippen LogP contribution in [0.5, 0.6) is 11.5 Å². The van der Waals surface area contributed by atoms with Crippen molar-refractivity contribution in [1.29, 1.82) is 5.26 Å². The number of esters is 1. The van der Waals surface area contributed by atoms with E-state index in [9.17, 15) is 10.1 Å². The molecule has 0 radical (unpaired) electrons. The van der Waals surface area contributed by atoms with Crippen LogP contribution in [0.4, 0.5) is 0 Å². The van der Waals surface area contributed by atoms with Crippen LogP contribution in [-0.4, -0.2) is 33.1 Å². The fraction of sp³-hybridized carbons (Fsp3) is 0.368. The second kappa shape index (κ2) is 8.68. The van der Waals surface area contributed by atoms with Gasteiger partial charge in [-0.25, -0.2) is 4.79 Å². The largest absolute Gasteiger partial charge is 0.493 e. The number of benzene rings is 1. The molecular formula is C19H22N2O4S. The lowest BCUT2D eigenvalue weighted by Crippen LogP contribution is -2.28. The Bertz CT molecular complexity index is 808. The third kappa shape index (κ3) is 3.65. The van der Waals surface area contributed by atoms with Crippen LogP contribution in [0.3, 0.4) is 0 Å². The number of nitriles is 1. The van der Waals surface area contributed by atoms with Crippen LogP contribution in [0.25, 0.3) is 0 Å². The molecule has 1 aromatic carbocycles. The molecule has 0 saturated heterocycles. The lowest BCUT2D eigenvalue weighted by Gasteiger charge is -2.29. The Balaban J connectivity index is 2.67. The number of allylic oxidation sites excluding steroid dienone is 2. The Labute approximate surface area is 157 Å². The van der Waals surface area contributed by atoms with Crippen LogP contribution in [0.15, 0.2) is 40.1 Å². The monoisotopic (exact) mass is 374 g/mol. The molecule has 1 aliphatic heterocycles. The van der Waals surface area contributed by atoms with Gasteiger partial charge >= 0.3 is 5.97 Å². The lowest BCUT2D eigenvalue weighted by molar-refractivity contribution is -0.138. The standard InChI is InChI=1S/C19H22N2O4S/c1-6-25-19(22)16-11(2)21-18(26-5)13(10-20)17(16)12-7-8-14(23-3)15(9-12)24-4/h7-9,17,21H,6H2,1-5H3. The fourth-order valence-electron chi connectivity index (χ4n) is 2.92. The van der Waals surface area contributed by atoms with E-state index in [-0.39, 0.29) is 6.61 Å². The first-order valence-corrected chi connectivity index (χ1v) is 9.29. The van der Waals surface area contributed by atoms with Gasteiger partial charge in [0, 0.05) is 5.70 Å². The van der Waals surface area contributed by atoms with Crippen molar-refractivity contribution in [3.05, 3.63) is 45.6 Å². The van der Waals surface area contributed by atoms with Crippen LogP contribution in [0, 0.1) is 11.3 Å². The summed E-state index contributed by atoms with van der Waals surface area (Å²) in [6.07, 6.45) is 1.88. The quantitative estimate of drug-likeness (QED) is 0.765. The number of carbonyl (C=O) groups excluding carboxylic acids is 1. The van der Waals surface area contributed by atoms with Gasteiger partial charge in [-0.1, -0.05) is 6.07 Å². The summed E-state index contributed by atoms with van der Waals surface area (Å²) in [5, 5.41) is 13.6. The Morgan fingerprint density at radius 3 is 2.54 bits per heavy atom. The first-order valence-electron chi connectivity index (χ1n) is 8.07. The molecule has 0 amide bonds. The summed E-state index contributed by atoms with van der Waals surface area (Å²) >= 11 is 1.43. The predicted molar refractivity (Wildman–Crippen MR) is 101 cm³/mol. The molecule has 1 unspecified atom stereocenters. The minimum Gasteiger partial charge on any atom is -0.493 e. The van der Waals surface area contributed by atoms with E-state index in [0.29, 0.717) is 28.3 Å². The molecule has 26 heavy (non-hydrogen) atoms. The molecule has 1 heterocycles. The summed E-state index contributed by atoms with van der Waals surface area (Å²) in [7, 11) is 3.11. The van der Waals surface area contributed by atoms with Gasteiger partial charge in [0.2, 0.25) is 0 Å². The van der Waals surface area contributed by atoms with Crippen molar-refractivity contribution in [2.75, 3.05) is 27.1 Å². The van der Waals surface area contributed by atoms with E-state index in [1.165, 1.54) is 11.8 Å². The number of hydrogen-bond acceptors (Lipinski definition) is 7. The van der Waals surface area contributed by atoms with E-state index in [4.69, 9.17) is 14.2 Å². The van der Waals surface area contributed by atoms with Gasteiger partial charge in [0.25, 0.3) is 0 Å². The van der Waals surface area contributed by atoms with Gasteiger partial charge in [-0.3, -0.25) is 0 Å². The van der Waals surface area contributed by atoms with E-state index >= 15 is 0 Å². The van der Waals surface area contributed by atoms with Crippen molar-refractivity contribution in [2.24, 2.45) is 0 Å². The molecule has 2 rings (SSSR count). The predicted octanol–water partition coefficient (Wildman–Crippen LogP) is 3.33. The van der Waals surface area contributed by atoms with Crippen molar-refractivity contribution in [1.82, 2.24) is 5.32 Å². The zero-order valence-corrected chi connectivity index (χ0v) is 16.3. The van der Waals surface area contributed by atoms with Crippen molar-refractivity contribution in [3.63, 3.8) is 0 Å². The molecule has 0 saturated carbocycles. The highest BCUT2D eigenvalue weighted by Gasteiger charge is 2.35. The second-order valence-electron chi connectivity index (χ2n) is 5.49. The SMILES string of the molecule is CCOC(=O)C1=C(C)NC(SC)=C(C#N)C1c1ccc(OC)c(OC)c1. The molecule has 1 aromatic rings. The highest BCUT2D eigenvalue weighted by Crippen LogP contribution is 2.42. The van der Waals surface area contributed by atoms with Crippen molar-refractivity contribution in [3.8, 4) is 17.6 Å². The fourth-order valence-corrected chi connectivity index (χ4v) is 3.56. The van der Waals surface area contributed by atoms with E-state index in [0.717, 1.165) is 10.6 Å². The molecule has 138 valence electrons. The molecule has 7 heteroatoms.